The molecule has 1 saturated carbocycles. The van der Waals surface area contributed by atoms with Gasteiger partial charge in [-0.25, -0.2) is 0 Å². The number of ether oxygens (including phenoxy) is 1. The van der Waals surface area contributed by atoms with Gasteiger partial charge in [-0.15, -0.1) is 0 Å². The molecule has 0 aliphatic heterocycles. The van der Waals surface area contributed by atoms with E-state index in [1.54, 1.807) is 0 Å². The fraction of sp³-hybridized carbons (Fsp3) is 1.00. The molecule has 0 radical (unpaired) electrons. The summed E-state index contributed by atoms with van der Waals surface area (Å²) in [6.07, 6.45) is 6.32. The SMILES string of the molecule is CC.CCCOC1(CC)CCC1. The van der Waals surface area contributed by atoms with E-state index in [1.807, 2.05) is 13.8 Å². The lowest BCUT2D eigenvalue weighted by atomic mass is 9.78. The van der Waals surface area contributed by atoms with Crippen molar-refractivity contribution in [2.45, 2.75) is 65.4 Å². The Morgan fingerprint density at radius 2 is 1.75 bits per heavy atom. The quantitative estimate of drug-likeness (QED) is 0.627. The lowest BCUT2D eigenvalue weighted by molar-refractivity contribution is -0.101. The van der Waals surface area contributed by atoms with E-state index in [0.29, 0.717) is 5.60 Å². The maximum Gasteiger partial charge on any atom is 0.0680 e. The molecule has 0 spiro atoms. The van der Waals surface area contributed by atoms with Crippen molar-refractivity contribution >= 4 is 0 Å². The van der Waals surface area contributed by atoms with Gasteiger partial charge in [0.2, 0.25) is 0 Å². The smallest absolute Gasteiger partial charge is 0.0680 e. The van der Waals surface area contributed by atoms with Crippen LogP contribution in [0.5, 0.6) is 0 Å². The van der Waals surface area contributed by atoms with Crippen LogP contribution < -0.4 is 0 Å². The number of hydrogen-bond donors (Lipinski definition) is 0. The van der Waals surface area contributed by atoms with Gasteiger partial charge >= 0.3 is 0 Å². The van der Waals surface area contributed by atoms with Gasteiger partial charge in [0.15, 0.2) is 0 Å². The van der Waals surface area contributed by atoms with Crippen molar-refractivity contribution < 1.29 is 4.74 Å². The molecule has 0 aromatic heterocycles. The highest BCUT2D eigenvalue weighted by molar-refractivity contribution is 4.88. The van der Waals surface area contributed by atoms with E-state index in [9.17, 15) is 0 Å². The first-order chi connectivity index (χ1) is 5.83. The first-order valence-electron chi connectivity index (χ1n) is 5.47. The maximum absolute atomic E-state index is 5.76. The predicted octanol–water partition coefficient (Wildman–Crippen LogP) is 3.77. The first kappa shape index (κ1) is 12.0. The molecule has 1 rings (SSSR count). The second-order valence-electron chi connectivity index (χ2n) is 3.24. The monoisotopic (exact) mass is 172 g/mol. The molecule has 0 saturated heterocycles. The molecule has 1 nitrogen and oxygen atoms in total. The summed E-state index contributed by atoms with van der Waals surface area (Å²) in [5.74, 6) is 0. The lowest BCUT2D eigenvalue weighted by Gasteiger charge is -2.41. The minimum absolute atomic E-state index is 0.315. The Hall–Kier alpha value is -0.0400. The Labute approximate surface area is 77.5 Å². The van der Waals surface area contributed by atoms with Gasteiger partial charge in [0, 0.05) is 6.61 Å². The number of hydrogen-bond acceptors (Lipinski definition) is 1. The topological polar surface area (TPSA) is 9.23 Å². The van der Waals surface area contributed by atoms with E-state index in [2.05, 4.69) is 13.8 Å². The summed E-state index contributed by atoms with van der Waals surface area (Å²) in [4.78, 5) is 0. The highest BCUT2D eigenvalue weighted by Gasteiger charge is 2.35. The van der Waals surface area contributed by atoms with Gasteiger partial charge in [0.1, 0.15) is 0 Å². The van der Waals surface area contributed by atoms with Gasteiger partial charge in [0.25, 0.3) is 0 Å². The van der Waals surface area contributed by atoms with Gasteiger partial charge in [-0.05, 0) is 32.1 Å². The molecular weight excluding hydrogens is 148 g/mol. The fourth-order valence-electron chi connectivity index (χ4n) is 1.49. The van der Waals surface area contributed by atoms with E-state index >= 15 is 0 Å². The zero-order valence-corrected chi connectivity index (χ0v) is 9.15. The third-order valence-corrected chi connectivity index (χ3v) is 2.52. The highest BCUT2D eigenvalue weighted by atomic mass is 16.5. The highest BCUT2D eigenvalue weighted by Crippen LogP contribution is 2.38. The van der Waals surface area contributed by atoms with Crippen molar-refractivity contribution in [1.82, 2.24) is 0 Å². The minimum atomic E-state index is 0.315. The number of rotatable bonds is 4. The molecule has 0 heterocycles. The standard InChI is InChI=1S/C9H18O.C2H6/c1-3-8-10-9(4-2)6-5-7-9;1-2/h3-8H2,1-2H3;1-2H3. The van der Waals surface area contributed by atoms with Crippen LogP contribution in [0, 0.1) is 0 Å². The summed E-state index contributed by atoms with van der Waals surface area (Å²) in [5, 5.41) is 0. The summed E-state index contributed by atoms with van der Waals surface area (Å²) >= 11 is 0. The summed E-state index contributed by atoms with van der Waals surface area (Å²) in [6.45, 7) is 9.35. The zero-order valence-electron chi connectivity index (χ0n) is 9.15. The Balaban J connectivity index is 0.000000561. The van der Waals surface area contributed by atoms with Gasteiger partial charge < -0.3 is 4.74 Å². The molecule has 0 amide bonds. The van der Waals surface area contributed by atoms with Gasteiger partial charge in [0.05, 0.1) is 5.60 Å². The Kier molecular flexibility index (Phi) is 6.45. The largest absolute Gasteiger partial charge is 0.375 e. The van der Waals surface area contributed by atoms with Crippen LogP contribution in [0.4, 0.5) is 0 Å². The second kappa shape index (κ2) is 6.47. The molecule has 0 N–H and O–H groups in total. The fourth-order valence-corrected chi connectivity index (χ4v) is 1.49. The molecule has 0 unspecified atom stereocenters. The van der Waals surface area contributed by atoms with Crippen LogP contribution in [-0.4, -0.2) is 12.2 Å². The van der Waals surface area contributed by atoms with E-state index in [4.69, 9.17) is 4.74 Å². The summed E-state index contributed by atoms with van der Waals surface area (Å²) < 4.78 is 5.76. The second-order valence-corrected chi connectivity index (χ2v) is 3.24. The summed E-state index contributed by atoms with van der Waals surface area (Å²) in [5.41, 5.74) is 0.315. The van der Waals surface area contributed by atoms with Gasteiger partial charge in [-0.2, -0.15) is 0 Å². The summed E-state index contributed by atoms with van der Waals surface area (Å²) in [7, 11) is 0. The molecule has 1 aliphatic carbocycles. The Bertz CT molecular complexity index is 89.7. The molecule has 0 aromatic rings. The molecule has 1 fully saturated rings. The van der Waals surface area contributed by atoms with Crippen molar-refractivity contribution in [3.8, 4) is 0 Å². The van der Waals surface area contributed by atoms with Crippen molar-refractivity contribution in [3.63, 3.8) is 0 Å². The molecule has 1 heteroatoms. The van der Waals surface area contributed by atoms with E-state index < -0.39 is 0 Å². The van der Waals surface area contributed by atoms with Crippen LogP contribution in [0.2, 0.25) is 0 Å². The first-order valence-corrected chi connectivity index (χ1v) is 5.47. The lowest BCUT2D eigenvalue weighted by Crippen LogP contribution is -2.39. The Morgan fingerprint density at radius 3 is 2.00 bits per heavy atom. The summed E-state index contributed by atoms with van der Waals surface area (Å²) in [6, 6.07) is 0. The van der Waals surface area contributed by atoms with Gasteiger partial charge in [-0.1, -0.05) is 27.7 Å². The molecule has 0 atom stereocenters. The molecule has 12 heavy (non-hydrogen) atoms. The van der Waals surface area contributed by atoms with Crippen LogP contribution in [-0.2, 0) is 4.74 Å². The molecular formula is C11H24O. The normalized spacial score (nSPS) is 19.0. The maximum atomic E-state index is 5.76. The van der Waals surface area contributed by atoms with Gasteiger partial charge in [-0.3, -0.25) is 0 Å². The third kappa shape index (κ3) is 3.14. The van der Waals surface area contributed by atoms with Crippen molar-refractivity contribution in [2.75, 3.05) is 6.61 Å². The average molecular weight is 172 g/mol. The zero-order chi connectivity index (χ0) is 9.45. The third-order valence-electron chi connectivity index (χ3n) is 2.52. The van der Waals surface area contributed by atoms with Crippen molar-refractivity contribution in [1.29, 1.82) is 0 Å². The molecule has 0 aromatic carbocycles. The van der Waals surface area contributed by atoms with Crippen LogP contribution >= 0.6 is 0 Å². The van der Waals surface area contributed by atoms with E-state index in [1.165, 1.54) is 25.7 Å². The van der Waals surface area contributed by atoms with Crippen molar-refractivity contribution in [2.24, 2.45) is 0 Å². The van der Waals surface area contributed by atoms with Crippen molar-refractivity contribution in [3.05, 3.63) is 0 Å². The molecule has 74 valence electrons. The van der Waals surface area contributed by atoms with Crippen LogP contribution in [0.1, 0.15) is 59.8 Å². The van der Waals surface area contributed by atoms with Crippen LogP contribution in [0.3, 0.4) is 0 Å². The molecule has 0 bridgehead atoms. The van der Waals surface area contributed by atoms with E-state index in [0.717, 1.165) is 13.0 Å². The average Bonchev–Trinajstić information content (AvgIpc) is 2.08. The minimum Gasteiger partial charge on any atom is -0.375 e. The predicted molar refractivity (Wildman–Crippen MR) is 54.5 cm³/mol. The Morgan fingerprint density at radius 1 is 1.17 bits per heavy atom. The van der Waals surface area contributed by atoms with E-state index in [-0.39, 0.29) is 0 Å². The molecule has 1 aliphatic rings. The van der Waals surface area contributed by atoms with Crippen LogP contribution in [0.25, 0.3) is 0 Å². The van der Waals surface area contributed by atoms with Crippen LogP contribution in [0.15, 0.2) is 0 Å².